The van der Waals surface area contributed by atoms with Gasteiger partial charge in [0, 0.05) is 12.6 Å². The van der Waals surface area contributed by atoms with Gasteiger partial charge in [-0.1, -0.05) is 53.6 Å². The predicted octanol–water partition coefficient (Wildman–Crippen LogP) is 4.73. The summed E-state index contributed by atoms with van der Waals surface area (Å²) in [5, 5.41) is 2.90. The van der Waals surface area contributed by atoms with Crippen molar-refractivity contribution in [2.45, 2.75) is 26.2 Å². The third kappa shape index (κ3) is 6.33. The number of hydrogen-bond donors (Lipinski definition) is 1. The van der Waals surface area contributed by atoms with Crippen molar-refractivity contribution in [2.24, 2.45) is 0 Å². The van der Waals surface area contributed by atoms with Gasteiger partial charge in [-0.15, -0.1) is 0 Å². The van der Waals surface area contributed by atoms with E-state index in [1.165, 1.54) is 18.4 Å². The standard InChI is InChI=1S/C17H19NO3.C6H6/c1-12(14-4-5-14)8-9-18-17(19)7-3-13-2-6-15-16(10-13)21-11-20-15;1-2-4-6-5-3-1/h2-3,6-7,10H,4-5,8-9,11H2,1H3,(H,18,19);1-6H/b7-3+;. The van der Waals surface area contributed by atoms with Crippen molar-refractivity contribution in [3.05, 3.63) is 77.4 Å². The van der Waals surface area contributed by atoms with Gasteiger partial charge in [-0.3, -0.25) is 4.79 Å². The number of nitrogens with one attached hydrogen (secondary N) is 1. The summed E-state index contributed by atoms with van der Waals surface area (Å²) < 4.78 is 10.6. The lowest BCUT2D eigenvalue weighted by atomic mass is 10.2. The summed E-state index contributed by atoms with van der Waals surface area (Å²) in [6.07, 6.45) is 6.76. The van der Waals surface area contributed by atoms with Crippen molar-refractivity contribution >= 4 is 12.0 Å². The molecule has 2 aromatic rings. The van der Waals surface area contributed by atoms with Crippen molar-refractivity contribution in [3.63, 3.8) is 0 Å². The molecule has 0 aromatic heterocycles. The topological polar surface area (TPSA) is 47.6 Å². The molecule has 4 heteroatoms. The van der Waals surface area contributed by atoms with E-state index in [9.17, 15) is 4.79 Å². The van der Waals surface area contributed by atoms with Crippen molar-refractivity contribution in [2.75, 3.05) is 13.3 Å². The van der Waals surface area contributed by atoms with E-state index in [-0.39, 0.29) is 12.7 Å². The normalized spacial score (nSPS) is 13.7. The quantitative estimate of drug-likeness (QED) is 0.617. The van der Waals surface area contributed by atoms with Gasteiger partial charge in [0.05, 0.1) is 0 Å². The molecule has 140 valence electrons. The Hall–Kier alpha value is -3.01. The first-order valence-electron chi connectivity index (χ1n) is 9.25. The first-order chi connectivity index (χ1) is 13.2. The Morgan fingerprint density at radius 1 is 1.04 bits per heavy atom. The highest BCUT2D eigenvalue weighted by molar-refractivity contribution is 5.91. The van der Waals surface area contributed by atoms with Crippen LogP contribution >= 0.6 is 0 Å². The summed E-state index contributed by atoms with van der Waals surface area (Å²) >= 11 is 0. The summed E-state index contributed by atoms with van der Waals surface area (Å²) in [5.41, 5.74) is 3.90. The third-order valence-electron chi connectivity index (χ3n) is 4.39. The van der Waals surface area contributed by atoms with Crippen LogP contribution in [-0.4, -0.2) is 19.2 Å². The third-order valence-corrected chi connectivity index (χ3v) is 4.39. The highest BCUT2D eigenvalue weighted by Gasteiger charge is 2.14. The number of carbonyl (C=O) groups excluding carboxylic acids is 1. The Morgan fingerprint density at radius 3 is 2.37 bits per heavy atom. The van der Waals surface area contributed by atoms with Gasteiger partial charge in [-0.05, 0) is 50.0 Å². The SMILES string of the molecule is CC(CCNC(=O)/C=C/c1ccc2c(c1)OCO2)=C1CC1.c1ccccc1. The average Bonchev–Trinajstić information content (AvgIpc) is 3.46. The average molecular weight is 363 g/mol. The fourth-order valence-electron chi connectivity index (χ4n) is 2.67. The number of rotatable bonds is 5. The molecule has 0 atom stereocenters. The largest absolute Gasteiger partial charge is 0.454 e. The molecule has 1 aliphatic carbocycles. The molecular weight excluding hydrogens is 338 g/mol. The van der Waals surface area contributed by atoms with E-state index >= 15 is 0 Å². The second-order valence-corrected chi connectivity index (χ2v) is 6.53. The molecule has 0 radical (unpaired) electrons. The number of amides is 1. The maximum atomic E-state index is 11.7. The van der Waals surface area contributed by atoms with Gasteiger partial charge in [0.2, 0.25) is 12.7 Å². The van der Waals surface area contributed by atoms with Crippen molar-refractivity contribution < 1.29 is 14.3 Å². The Labute approximate surface area is 160 Å². The van der Waals surface area contributed by atoms with Crippen LogP contribution in [0.3, 0.4) is 0 Å². The van der Waals surface area contributed by atoms with Crippen LogP contribution in [0, 0.1) is 0 Å². The monoisotopic (exact) mass is 363 g/mol. The molecule has 2 aliphatic rings. The highest BCUT2D eigenvalue weighted by Crippen LogP contribution is 2.33. The molecular formula is C23H25NO3. The second-order valence-electron chi connectivity index (χ2n) is 6.53. The highest BCUT2D eigenvalue weighted by atomic mass is 16.7. The summed E-state index contributed by atoms with van der Waals surface area (Å²) in [7, 11) is 0. The van der Waals surface area contributed by atoms with E-state index in [0.29, 0.717) is 6.54 Å². The maximum Gasteiger partial charge on any atom is 0.244 e. The van der Waals surface area contributed by atoms with E-state index in [4.69, 9.17) is 9.47 Å². The first-order valence-corrected chi connectivity index (χ1v) is 9.25. The number of allylic oxidation sites excluding steroid dienone is 1. The predicted molar refractivity (Wildman–Crippen MR) is 108 cm³/mol. The lowest BCUT2D eigenvalue weighted by Gasteiger charge is -2.02. The van der Waals surface area contributed by atoms with Crippen LogP contribution in [0.4, 0.5) is 0 Å². The zero-order valence-electron chi connectivity index (χ0n) is 15.6. The minimum absolute atomic E-state index is 0.0683. The zero-order valence-corrected chi connectivity index (χ0v) is 15.6. The second kappa shape index (κ2) is 9.62. The Bertz CT molecular complexity index is 792. The lowest BCUT2D eigenvalue weighted by molar-refractivity contribution is -0.116. The van der Waals surface area contributed by atoms with Crippen molar-refractivity contribution in [1.29, 1.82) is 0 Å². The molecule has 1 N–H and O–H groups in total. The van der Waals surface area contributed by atoms with Gasteiger partial charge in [0.15, 0.2) is 11.5 Å². The van der Waals surface area contributed by atoms with Crippen LogP contribution in [0.25, 0.3) is 6.08 Å². The van der Waals surface area contributed by atoms with Gasteiger partial charge < -0.3 is 14.8 Å². The molecule has 4 rings (SSSR count). The number of benzene rings is 2. The molecule has 1 aliphatic heterocycles. The van der Waals surface area contributed by atoms with Crippen molar-refractivity contribution in [1.82, 2.24) is 5.32 Å². The molecule has 27 heavy (non-hydrogen) atoms. The smallest absolute Gasteiger partial charge is 0.244 e. The minimum atomic E-state index is -0.0683. The molecule has 0 unspecified atom stereocenters. The van der Waals surface area contributed by atoms with E-state index in [0.717, 1.165) is 23.5 Å². The van der Waals surface area contributed by atoms with Crippen LogP contribution in [0.15, 0.2) is 71.8 Å². The fourth-order valence-corrected chi connectivity index (χ4v) is 2.67. The number of hydrogen-bond acceptors (Lipinski definition) is 3. The van der Waals surface area contributed by atoms with E-state index in [2.05, 4.69) is 12.2 Å². The zero-order chi connectivity index (χ0) is 18.9. The van der Waals surface area contributed by atoms with Crippen LogP contribution in [0.1, 0.15) is 31.7 Å². The van der Waals surface area contributed by atoms with Crippen LogP contribution in [-0.2, 0) is 4.79 Å². The van der Waals surface area contributed by atoms with Crippen LogP contribution in [0.2, 0.25) is 0 Å². The van der Waals surface area contributed by atoms with E-state index in [1.54, 1.807) is 17.7 Å². The number of fused-ring (bicyclic) bond motifs is 1. The van der Waals surface area contributed by atoms with Gasteiger partial charge in [-0.2, -0.15) is 0 Å². The lowest BCUT2D eigenvalue weighted by Crippen LogP contribution is -2.22. The Morgan fingerprint density at radius 2 is 1.70 bits per heavy atom. The Balaban J connectivity index is 0.000000299. The van der Waals surface area contributed by atoms with E-state index in [1.807, 2.05) is 54.6 Å². The summed E-state index contributed by atoms with van der Waals surface area (Å²) in [6.45, 7) is 3.11. The molecule has 1 fully saturated rings. The minimum Gasteiger partial charge on any atom is -0.454 e. The fraction of sp³-hybridized carbons (Fsp3) is 0.261. The van der Waals surface area contributed by atoms with E-state index < -0.39 is 0 Å². The molecule has 1 amide bonds. The van der Waals surface area contributed by atoms with Gasteiger partial charge >= 0.3 is 0 Å². The first kappa shape index (κ1) is 18.8. The number of carbonyl (C=O) groups is 1. The van der Waals surface area contributed by atoms with Crippen LogP contribution < -0.4 is 14.8 Å². The molecule has 0 bridgehead atoms. The number of ether oxygens (including phenoxy) is 2. The van der Waals surface area contributed by atoms with Crippen LogP contribution in [0.5, 0.6) is 11.5 Å². The molecule has 2 aromatic carbocycles. The maximum absolute atomic E-state index is 11.7. The molecule has 4 nitrogen and oxygen atoms in total. The van der Waals surface area contributed by atoms with Gasteiger partial charge in [0.25, 0.3) is 0 Å². The Kier molecular flexibility index (Phi) is 6.69. The van der Waals surface area contributed by atoms with Gasteiger partial charge in [0.1, 0.15) is 0 Å². The molecule has 0 saturated heterocycles. The molecule has 0 spiro atoms. The summed E-state index contributed by atoms with van der Waals surface area (Å²) in [6, 6.07) is 17.6. The summed E-state index contributed by atoms with van der Waals surface area (Å²) in [4.78, 5) is 11.7. The van der Waals surface area contributed by atoms with Crippen molar-refractivity contribution in [3.8, 4) is 11.5 Å². The summed E-state index contributed by atoms with van der Waals surface area (Å²) in [5.74, 6) is 1.41. The molecule has 1 saturated carbocycles. The molecule has 1 heterocycles. The van der Waals surface area contributed by atoms with Gasteiger partial charge in [-0.25, -0.2) is 0 Å².